The predicted octanol–water partition coefficient (Wildman–Crippen LogP) is 4.85. The van der Waals surface area contributed by atoms with Gasteiger partial charge in [0.05, 0.1) is 41.1 Å². The largest absolute Gasteiger partial charge is 0.525 e. The predicted molar refractivity (Wildman–Crippen MR) is 137 cm³/mol. The summed E-state index contributed by atoms with van der Waals surface area (Å²) in [6.45, 7) is 0. The van der Waals surface area contributed by atoms with Gasteiger partial charge in [-0.25, -0.2) is 4.57 Å². The number of phosphoric ester groups is 1. The zero-order valence-corrected chi connectivity index (χ0v) is 22.0. The van der Waals surface area contributed by atoms with Gasteiger partial charge in [-0.3, -0.25) is 14.6 Å². The van der Waals surface area contributed by atoms with Gasteiger partial charge in [0.1, 0.15) is 11.5 Å². The van der Waals surface area contributed by atoms with E-state index < -0.39 is 13.6 Å². The molecule has 1 heterocycles. The lowest BCUT2D eigenvalue weighted by atomic mass is 9.96. The molecule has 0 fully saturated rings. The van der Waals surface area contributed by atoms with Crippen LogP contribution in [0.3, 0.4) is 0 Å². The van der Waals surface area contributed by atoms with Crippen LogP contribution in [0.2, 0.25) is 0 Å². The number of ether oxygens (including phenoxy) is 5. The molecule has 0 bridgehead atoms. The van der Waals surface area contributed by atoms with Crippen molar-refractivity contribution < 1.29 is 51.8 Å². The Labute approximate surface area is 217 Å². The molecule has 11 nitrogen and oxygen atoms in total. The van der Waals surface area contributed by atoms with Crippen LogP contribution in [0.1, 0.15) is 15.9 Å². The topological polar surface area (TPSA) is 143 Å². The fourth-order valence-electron chi connectivity index (χ4n) is 4.01. The molecule has 0 aliphatic heterocycles. The van der Waals surface area contributed by atoms with Crippen LogP contribution in [0.5, 0.6) is 34.5 Å². The van der Waals surface area contributed by atoms with Gasteiger partial charge >= 0.3 is 7.82 Å². The third kappa shape index (κ3) is 4.99. The van der Waals surface area contributed by atoms with Gasteiger partial charge in [0.25, 0.3) is 0 Å². The first-order valence-electron chi connectivity index (χ1n) is 11.0. The maximum atomic E-state index is 14.1. The fourth-order valence-corrected chi connectivity index (χ4v) is 4.42. The van der Waals surface area contributed by atoms with Gasteiger partial charge in [-0.1, -0.05) is 0 Å². The molecule has 12 heteroatoms. The number of phosphoric acid groups is 1. The summed E-state index contributed by atoms with van der Waals surface area (Å²) < 4.78 is 49.4. The Kier molecular flexibility index (Phi) is 7.54. The second-order valence-electron chi connectivity index (χ2n) is 7.83. The summed E-state index contributed by atoms with van der Waals surface area (Å²) in [5.74, 6) is 0.712. The van der Waals surface area contributed by atoms with Gasteiger partial charge in [-0.05, 0) is 48.5 Å². The summed E-state index contributed by atoms with van der Waals surface area (Å²) in [5.41, 5.74) is 0.705. The minimum Gasteiger partial charge on any atom is -0.497 e. The lowest BCUT2D eigenvalue weighted by molar-refractivity contribution is 0.103. The Morgan fingerprint density at radius 1 is 0.763 bits per heavy atom. The number of furan rings is 1. The van der Waals surface area contributed by atoms with Gasteiger partial charge < -0.3 is 32.6 Å². The van der Waals surface area contributed by atoms with Crippen LogP contribution in [0, 0.1) is 0 Å². The average Bonchev–Trinajstić information content (AvgIpc) is 3.31. The van der Waals surface area contributed by atoms with E-state index in [0.29, 0.717) is 17.1 Å². The molecule has 38 heavy (non-hydrogen) atoms. The Morgan fingerprint density at radius 2 is 1.37 bits per heavy atom. The Hall–Kier alpha value is -4.18. The van der Waals surface area contributed by atoms with Gasteiger partial charge in [0, 0.05) is 16.5 Å². The van der Waals surface area contributed by atoms with Crippen LogP contribution in [-0.2, 0) is 4.57 Å². The second kappa shape index (κ2) is 10.7. The minimum absolute atomic E-state index is 0.00245. The summed E-state index contributed by atoms with van der Waals surface area (Å²) in [6.07, 6.45) is 0. The van der Waals surface area contributed by atoms with Crippen LogP contribution in [-0.4, -0.2) is 51.1 Å². The van der Waals surface area contributed by atoms with Crippen molar-refractivity contribution in [3.8, 4) is 45.8 Å². The highest BCUT2D eigenvalue weighted by Crippen LogP contribution is 2.49. The molecule has 0 aliphatic carbocycles. The quantitative estimate of drug-likeness (QED) is 0.209. The molecule has 2 N–H and O–H groups in total. The molecule has 200 valence electrons. The maximum Gasteiger partial charge on any atom is 0.525 e. The first kappa shape index (κ1) is 26.9. The molecule has 0 radical (unpaired) electrons. The van der Waals surface area contributed by atoms with Crippen molar-refractivity contribution in [3.63, 3.8) is 0 Å². The molecule has 4 rings (SSSR count). The molecule has 4 aromatic rings. The zero-order valence-electron chi connectivity index (χ0n) is 21.1. The number of hydrogen-bond acceptors (Lipinski definition) is 9. The number of hydrogen-bond donors (Lipinski definition) is 2. The van der Waals surface area contributed by atoms with E-state index in [9.17, 15) is 19.1 Å². The first-order valence-corrected chi connectivity index (χ1v) is 12.6. The van der Waals surface area contributed by atoms with Crippen molar-refractivity contribution in [1.29, 1.82) is 0 Å². The van der Waals surface area contributed by atoms with Crippen molar-refractivity contribution in [2.75, 3.05) is 35.5 Å². The monoisotopic (exact) mass is 544 g/mol. The lowest BCUT2D eigenvalue weighted by Gasteiger charge is -2.14. The number of methoxy groups -OCH3 is 5. The van der Waals surface area contributed by atoms with Crippen molar-refractivity contribution in [2.24, 2.45) is 0 Å². The molecule has 0 atom stereocenters. The van der Waals surface area contributed by atoms with E-state index in [1.165, 1.54) is 53.7 Å². The van der Waals surface area contributed by atoms with E-state index in [4.69, 9.17) is 32.6 Å². The van der Waals surface area contributed by atoms with Gasteiger partial charge in [-0.15, -0.1) is 0 Å². The molecule has 0 saturated carbocycles. The van der Waals surface area contributed by atoms with Gasteiger partial charge in [-0.2, -0.15) is 0 Å². The van der Waals surface area contributed by atoms with Crippen LogP contribution >= 0.6 is 7.82 Å². The van der Waals surface area contributed by atoms with Crippen LogP contribution < -0.4 is 28.2 Å². The first-order chi connectivity index (χ1) is 18.1. The number of fused-ring (bicyclic) bond motifs is 1. The number of carbonyl (C=O) groups excluding carboxylic acids is 1. The number of carbonyl (C=O) groups is 1. The summed E-state index contributed by atoms with van der Waals surface area (Å²) in [6, 6.07) is 12.7. The number of rotatable bonds is 10. The van der Waals surface area contributed by atoms with Crippen LogP contribution in [0.15, 0.2) is 52.9 Å². The van der Waals surface area contributed by atoms with Gasteiger partial charge in [0.15, 0.2) is 28.6 Å². The van der Waals surface area contributed by atoms with Crippen molar-refractivity contribution >= 4 is 24.6 Å². The lowest BCUT2D eigenvalue weighted by Crippen LogP contribution is -2.05. The van der Waals surface area contributed by atoms with E-state index in [1.54, 1.807) is 30.3 Å². The normalized spacial score (nSPS) is 11.2. The molecular weight excluding hydrogens is 519 g/mol. The van der Waals surface area contributed by atoms with Crippen molar-refractivity contribution in [2.45, 2.75) is 0 Å². The summed E-state index contributed by atoms with van der Waals surface area (Å²) in [4.78, 5) is 33.1. The Morgan fingerprint density at radius 3 is 1.87 bits per heavy atom. The summed E-state index contributed by atoms with van der Waals surface area (Å²) in [7, 11) is 2.12. The van der Waals surface area contributed by atoms with Crippen molar-refractivity contribution in [1.82, 2.24) is 0 Å². The maximum absolute atomic E-state index is 14.1. The highest BCUT2D eigenvalue weighted by molar-refractivity contribution is 7.46. The SMILES string of the molecule is COc1ccc(-c2oc3c(OP(=O)(O)O)c(OC)ccc3c2C(=O)c2cc(OC)c(OC)c(OC)c2)cc1. The highest BCUT2D eigenvalue weighted by Gasteiger charge is 2.30. The van der Waals surface area contributed by atoms with Crippen LogP contribution in [0.4, 0.5) is 0 Å². The third-order valence-electron chi connectivity index (χ3n) is 5.71. The van der Waals surface area contributed by atoms with Gasteiger partial charge in [0.2, 0.25) is 11.5 Å². The number of benzene rings is 3. The molecule has 3 aromatic carbocycles. The molecule has 0 aliphatic rings. The molecule has 0 amide bonds. The van der Waals surface area contributed by atoms with E-state index in [0.717, 1.165) is 0 Å². The fraction of sp³-hybridized carbons (Fsp3) is 0.192. The third-order valence-corrected chi connectivity index (χ3v) is 6.13. The van der Waals surface area contributed by atoms with E-state index in [1.807, 2.05) is 0 Å². The Balaban J connectivity index is 2.03. The standard InChI is InChI=1S/C26H25O11P/c1-31-16-8-6-14(7-9-16)23-21(22(27)15-12-19(33-3)25(35-5)20(13-15)34-4)17-10-11-18(32-2)26(24(17)36-23)37-38(28,29)30/h6-13H,1-5H3,(H2,28,29,30). The second-order valence-corrected chi connectivity index (χ2v) is 9.00. The Bertz CT molecular complexity index is 1510. The smallest absolute Gasteiger partial charge is 0.497 e. The molecular formula is C26H25O11P. The highest BCUT2D eigenvalue weighted by atomic mass is 31.2. The molecule has 1 aromatic heterocycles. The van der Waals surface area contributed by atoms with E-state index >= 15 is 0 Å². The van der Waals surface area contributed by atoms with E-state index in [-0.39, 0.29) is 50.9 Å². The molecule has 0 unspecified atom stereocenters. The molecule has 0 spiro atoms. The summed E-state index contributed by atoms with van der Waals surface area (Å²) in [5, 5.41) is 0.235. The van der Waals surface area contributed by atoms with Crippen molar-refractivity contribution in [3.05, 3.63) is 59.7 Å². The minimum atomic E-state index is -5.02. The summed E-state index contributed by atoms with van der Waals surface area (Å²) >= 11 is 0. The molecule has 0 saturated heterocycles. The number of ketones is 1. The van der Waals surface area contributed by atoms with E-state index in [2.05, 4.69) is 0 Å². The average molecular weight is 544 g/mol. The zero-order chi connectivity index (χ0) is 27.6. The van der Waals surface area contributed by atoms with Crippen LogP contribution in [0.25, 0.3) is 22.3 Å².